The predicted molar refractivity (Wildman–Crippen MR) is 78.4 cm³/mol. The number of nitrogens with one attached hydrogen (secondary N) is 2. The average molecular weight is 314 g/mol. The Balaban J connectivity index is 1.92. The average Bonchev–Trinajstić information content (AvgIpc) is 3.07. The SMILES string of the molecule is CCc1csc(CCNS(=O)(=O)c2cnc(CC)[nH]2)n1. The van der Waals surface area contributed by atoms with Gasteiger partial charge in [-0.3, -0.25) is 0 Å². The van der Waals surface area contributed by atoms with Crippen LogP contribution in [-0.2, 0) is 29.3 Å². The van der Waals surface area contributed by atoms with Crippen molar-refractivity contribution in [3.8, 4) is 0 Å². The van der Waals surface area contributed by atoms with E-state index in [1.165, 1.54) is 6.20 Å². The number of hydrogen-bond donors (Lipinski definition) is 2. The molecular formula is C12H18N4O2S2. The summed E-state index contributed by atoms with van der Waals surface area (Å²) >= 11 is 1.56. The lowest BCUT2D eigenvalue weighted by atomic mass is 10.4. The van der Waals surface area contributed by atoms with Crippen molar-refractivity contribution in [2.45, 2.75) is 38.1 Å². The van der Waals surface area contributed by atoms with Gasteiger partial charge >= 0.3 is 0 Å². The zero-order chi connectivity index (χ0) is 14.6. The molecule has 2 aromatic heterocycles. The van der Waals surface area contributed by atoms with E-state index in [4.69, 9.17) is 0 Å². The Labute approximate surface area is 122 Å². The fraction of sp³-hybridized carbons (Fsp3) is 0.500. The number of sulfonamides is 1. The third kappa shape index (κ3) is 3.65. The van der Waals surface area contributed by atoms with Gasteiger partial charge in [0.15, 0.2) is 5.03 Å². The van der Waals surface area contributed by atoms with E-state index in [1.54, 1.807) is 11.3 Å². The standard InChI is InChI=1S/C12H18N4O2S2/c1-3-9-8-19-11(15-9)5-6-14-20(17,18)12-7-13-10(4-2)16-12/h7-8,14H,3-6H2,1-2H3,(H,13,16). The second kappa shape index (κ2) is 6.47. The summed E-state index contributed by atoms with van der Waals surface area (Å²) in [7, 11) is -3.51. The maximum Gasteiger partial charge on any atom is 0.257 e. The number of aryl methyl sites for hydroxylation is 2. The zero-order valence-corrected chi connectivity index (χ0v) is 13.1. The predicted octanol–water partition coefficient (Wildman–Crippen LogP) is 1.51. The molecule has 0 atom stereocenters. The molecule has 6 nitrogen and oxygen atoms in total. The molecule has 0 spiro atoms. The second-order valence-electron chi connectivity index (χ2n) is 4.28. The number of H-pyrrole nitrogens is 1. The van der Waals surface area contributed by atoms with E-state index >= 15 is 0 Å². The second-order valence-corrected chi connectivity index (χ2v) is 6.96. The van der Waals surface area contributed by atoms with Gasteiger partial charge in [-0.2, -0.15) is 0 Å². The van der Waals surface area contributed by atoms with Gasteiger partial charge in [0.2, 0.25) is 0 Å². The minimum atomic E-state index is -3.51. The third-order valence-corrected chi connectivity index (χ3v) is 5.15. The molecule has 0 saturated heterocycles. The van der Waals surface area contributed by atoms with Gasteiger partial charge < -0.3 is 4.98 Å². The maximum atomic E-state index is 12.0. The largest absolute Gasteiger partial charge is 0.332 e. The number of aromatic amines is 1. The molecule has 2 N–H and O–H groups in total. The normalized spacial score (nSPS) is 11.9. The van der Waals surface area contributed by atoms with Crippen LogP contribution in [0.15, 0.2) is 16.6 Å². The van der Waals surface area contributed by atoms with Crippen LogP contribution in [-0.4, -0.2) is 29.9 Å². The van der Waals surface area contributed by atoms with E-state index in [0.29, 0.717) is 25.2 Å². The van der Waals surface area contributed by atoms with Crippen LogP contribution in [0.1, 0.15) is 30.4 Å². The molecule has 0 fully saturated rings. The topological polar surface area (TPSA) is 87.7 Å². The van der Waals surface area contributed by atoms with Crippen molar-refractivity contribution < 1.29 is 8.42 Å². The van der Waals surface area contributed by atoms with Crippen molar-refractivity contribution in [2.75, 3.05) is 6.54 Å². The van der Waals surface area contributed by atoms with Gasteiger partial charge in [0.1, 0.15) is 5.82 Å². The quantitative estimate of drug-likeness (QED) is 0.811. The third-order valence-electron chi connectivity index (χ3n) is 2.82. The molecule has 0 aromatic carbocycles. The minimum Gasteiger partial charge on any atom is -0.332 e. The van der Waals surface area contributed by atoms with Crippen LogP contribution >= 0.6 is 11.3 Å². The molecule has 0 radical (unpaired) electrons. The Bertz CT molecular complexity index is 661. The molecular weight excluding hydrogens is 296 g/mol. The Morgan fingerprint density at radius 2 is 2.15 bits per heavy atom. The molecule has 8 heteroatoms. The van der Waals surface area contributed by atoms with Crippen molar-refractivity contribution in [3.05, 3.63) is 28.1 Å². The summed E-state index contributed by atoms with van der Waals surface area (Å²) in [5.74, 6) is 0.665. The first-order valence-corrected chi connectivity index (χ1v) is 8.88. The summed E-state index contributed by atoms with van der Waals surface area (Å²) in [6.45, 7) is 4.29. The molecule has 2 rings (SSSR count). The number of thiazole rings is 1. The van der Waals surface area contributed by atoms with Crippen molar-refractivity contribution in [1.29, 1.82) is 0 Å². The lowest BCUT2D eigenvalue weighted by Crippen LogP contribution is -2.26. The Kier molecular flexibility index (Phi) is 4.90. The van der Waals surface area contributed by atoms with E-state index in [9.17, 15) is 8.42 Å². The summed E-state index contributed by atoms with van der Waals surface area (Å²) in [5, 5.41) is 3.07. The van der Waals surface area contributed by atoms with E-state index in [2.05, 4.69) is 19.7 Å². The molecule has 2 heterocycles. The van der Waals surface area contributed by atoms with Crippen molar-refractivity contribution >= 4 is 21.4 Å². The van der Waals surface area contributed by atoms with Crippen LogP contribution in [0.3, 0.4) is 0 Å². The van der Waals surface area contributed by atoms with Crippen molar-refractivity contribution in [1.82, 2.24) is 19.7 Å². The fourth-order valence-electron chi connectivity index (χ4n) is 1.66. The summed E-state index contributed by atoms with van der Waals surface area (Å²) in [6, 6.07) is 0. The van der Waals surface area contributed by atoms with E-state index in [0.717, 1.165) is 17.1 Å². The Hall–Kier alpha value is -1.25. The fourth-order valence-corrected chi connectivity index (χ4v) is 3.51. The first-order chi connectivity index (χ1) is 9.55. The van der Waals surface area contributed by atoms with Crippen LogP contribution in [0.4, 0.5) is 0 Å². The Morgan fingerprint density at radius 1 is 1.35 bits per heavy atom. The first kappa shape index (κ1) is 15.1. The molecule has 0 aliphatic carbocycles. The van der Waals surface area contributed by atoms with Crippen LogP contribution in [0, 0.1) is 0 Å². The smallest absolute Gasteiger partial charge is 0.257 e. The van der Waals surface area contributed by atoms with Crippen LogP contribution in [0.2, 0.25) is 0 Å². The highest BCUT2D eigenvalue weighted by Gasteiger charge is 2.16. The number of aromatic nitrogens is 3. The highest BCUT2D eigenvalue weighted by Crippen LogP contribution is 2.11. The monoisotopic (exact) mass is 314 g/mol. The molecule has 20 heavy (non-hydrogen) atoms. The van der Waals surface area contributed by atoms with Crippen LogP contribution in [0.5, 0.6) is 0 Å². The Morgan fingerprint density at radius 3 is 2.75 bits per heavy atom. The molecule has 0 aliphatic heterocycles. The van der Waals surface area contributed by atoms with Gasteiger partial charge in [-0.15, -0.1) is 11.3 Å². The van der Waals surface area contributed by atoms with Gasteiger partial charge in [-0.1, -0.05) is 13.8 Å². The molecule has 2 aromatic rings. The van der Waals surface area contributed by atoms with E-state index < -0.39 is 10.0 Å². The highest BCUT2D eigenvalue weighted by atomic mass is 32.2. The first-order valence-electron chi connectivity index (χ1n) is 6.52. The van der Waals surface area contributed by atoms with E-state index in [-0.39, 0.29) is 5.03 Å². The lowest BCUT2D eigenvalue weighted by Gasteiger charge is -2.03. The maximum absolute atomic E-state index is 12.0. The molecule has 0 amide bonds. The van der Waals surface area contributed by atoms with E-state index in [1.807, 2.05) is 19.2 Å². The van der Waals surface area contributed by atoms with Gasteiger partial charge in [0.05, 0.1) is 16.9 Å². The molecule has 0 saturated carbocycles. The van der Waals surface area contributed by atoms with Crippen molar-refractivity contribution in [3.63, 3.8) is 0 Å². The minimum absolute atomic E-state index is 0.114. The molecule has 0 bridgehead atoms. The molecule has 110 valence electrons. The number of nitrogens with zero attached hydrogens (tertiary/aromatic N) is 2. The summed E-state index contributed by atoms with van der Waals surface area (Å²) in [6.07, 6.45) is 3.52. The lowest BCUT2D eigenvalue weighted by molar-refractivity contribution is 0.578. The van der Waals surface area contributed by atoms with Gasteiger partial charge in [-0.25, -0.2) is 23.1 Å². The summed E-state index contributed by atoms with van der Waals surface area (Å²) < 4.78 is 26.6. The van der Waals surface area contributed by atoms with Crippen LogP contribution in [0.25, 0.3) is 0 Å². The molecule has 0 unspecified atom stereocenters. The number of rotatable bonds is 7. The van der Waals surface area contributed by atoms with Gasteiger partial charge in [0, 0.05) is 24.8 Å². The zero-order valence-electron chi connectivity index (χ0n) is 11.5. The summed E-state index contributed by atoms with van der Waals surface area (Å²) in [5.41, 5.74) is 1.05. The van der Waals surface area contributed by atoms with Gasteiger partial charge in [-0.05, 0) is 6.42 Å². The highest BCUT2D eigenvalue weighted by molar-refractivity contribution is 7.89. The summed E-state index contributed by atoms with van der Waals surface area (Å²) in [4.78, 5) is 11.2. The molecule has 0 aliphatic rings. The van der Waals surface area contributed by atoms with Crippen LogP contribution < -0.4 is 4.72 Å². The number of imidazole rings is 1. The number of hydrogen-bond acceptors (Lipinski definition) is 5. The van der Waals surface area contributed by atoms with Gasteiger partial charge in [0.25, 0.3) is 10.0 Å². The van der Waals surface area contributed by atoms with Crippen molar-refractivity contribution in [2.24, 2.45) is 0 Å².